The molecule has 4 heterocycles. The summed E-state index contributed by atoms with van der Waals surface area (Å²) in [4.78, 5) is 7.38. The van der Waals surface area contributed by atoms with E-state index in [4.69, 9.17) is 18.9 Å². The van der Waals surface area contributed by atoms with E-state index < -0.39 is 0 Å². The van der Waals surface area contributed by atoms with Crippen LogP contribution < -0.4 is 20.1 Å². The summed E-state index contributed by atoms with van der Waals surface area (Å²) in [5.41, 5.74) is 2.76. The van der Waals surface area contributed by atoms with Gasteiger partial charge in [-0.2, -0.15) is 0 Å². The lowest BCUT2D eigenvalue weighted by atomic mass is 9.97. The van der Waals surface area contributed by atoms with Gasteiger partial charge in [-0.1, -0.05) is 0 Å². The largest absolute Gasteiger partial charge is 0.493 e. The smallest absolute Gasteiger partial charge is 0.163 e. The number of furan rings is 1. The van der Waals surface area contributed by atoms with Crippen molar-refractivity contribution in [2.24, 2.45) is 11.8 Å². The van der Waals surface area contributed by atoms with Crippen LogP contribution in [-0.4, -0.2) is 63.4 Å². The Bertz CT molecular complexity index is 1130. The Morgan fingerprint density at radius 2 is 1.86 bits per heavy atom. The molecule has 0 aliphatic carbocycles. The molecule has 0 unspecified atom stereocenters. The number of likely N-dealkylation sites (tertiary alicyclic amines) is 1. The molecular formula is C28H38N4O3. The molecule has 2 aliphatic heterocycles. The molecule has 7 nitrogen and oxygen atoms in total. The zero-order valence-corrected chi connectivity index (χ0v) is 21.2. The van der Waals surface area contributed by atoms with Gasteiger partial charge >= 0.3 is 0 Å². The van der Waals surface area contributed by atoms with Crippen molar-refractivity contribution in [3.63, 3.8) is 0 Å². The van der Waals surface area contributed by atoms with Crippen molar-refractivity contribution < 1.29 is 13.9 Å². The molecule has 35 heavy (non-hydrogen) atoms. The third kappa shape index (κ3) is 5.73. The van der Waals surface area contributed by atoms with Gasteiger partial charge in [0.2, 0.25) is 0 Å². The molecule has 0 amide bonds. The minimum atomic E-state index is 0.564. The summed E-state index contributed by atoms with van der Waals surface area (Å²) in [6.07, 6.45) is 4.71. The summed E-state index contributed by atoms with van der Waals surface area (Å²) in [6.45, 7) is 8.03. The van der Waals surface area contributed by atoms with E-state index in [1.807, 2.05) is 25.1 Å². The minimum absolute atomic E-state index is 0.564. The van der Waals surface area contributed by atoms with Crippen LogP contribution in [0.5, 0.6) is 11.5 Å². The highest BCUT2D eigenvalue weighted by Gasteiger charge is 2.20. The number of ether oxygens (including phenoxy) is 2. The molecule has 0 radical (unpaired) electrons. The SMILES string of the molecule is COc1cc2c(NCC3CCN(C)CC3)cc(-c3ccc(C)o3)nc2cc1OCC1CCNCC1. The number of hydrogen-bond acceptors (Lipinski definition) is 7. The maximum atomic E-state index is 6.29. The molecule has 2 aliphatic rings. The van der Waals surface area contributed by atoms with Gasteiger partial charge in [-0.15, -0.1) is 0 Å². The first-order valence-corrected chi connectivity index (χ1v) is 12.9. The van der Waals surface area contributed by atoms with Crippen LogP contribution in [0.2, 0.25) is 0 Å². The number of nitrogens with zero attached hydrogens (tertiary/aromatic N) is 2. The quantitative estimate of drug-likeness (QED) is 0.475. The van der Waals surface area contributed by atoms with Crippen molar-refractivity contribution in [3.05, 3.63) is 36.1 Å². The van der Waals surface area contributed by atoms with Crippen LogP contribution in [0.1, 0.15) is 31.4 Å². The summed E-state index contributed by atoms with van der Waals surface area (Å²) < 4.78 is 18.0. The number of piperidine rings is 2. The first kappa shape index (κ1) is 23.9. The lowest BCUT2D eigenvalue weighted by Crippen LogP contribution is -2.33. The van der Waals surface area contributed by atoms with Crippen molar-refractivity contribution in [1.82, 2.24) is 15.2 Å². The highest BCUT2D eigenvalue weighted by molar-refractivity contribution is 5.95. The van der Waals surface area contributed by atoms with Crippen LogP contribution in [0.25, 0.3) is 22.4 Å². The van der Waals surface area contributed by atoms with Crippen molar-refractivity contribution in [2.75, 3.05) is 58.8 Å². The van der Waals surface area contributed by atoms with E-state index >= 15 is 0 Å². The number of methoxy groups -OCH3 is 1. The molecule has 188 valence electrons. The van der Waals surface area contributed by atoms with Crippen molar-refractivity contribution >= 4 is 16.6 Å². The average Bonchev–Trinajstić information content (AvgIpc) is 3.33. The van der Waals surface area contributed by atoms with E-state index in [9.17, 15) is 0 Å². The van der Waals surface area contributed by atoms with E-state index in [-0.39, 0.29) is 0 Å². The van der Waals surface area contributed by atoms with E-state index in [2.05, 4.69) is 34.7 Å². The number of benzene rings is 1. The minimum Gasteiger partial charge on any atom is -0.493 e. The van der Waals surface area contributed by atoms with E-state index in [0.29, 0.717) is 18.4 Å². The molecule has 0 spiro atoms. The fourth-order valence-electron chi connectivity index (χ4n) is 5.13. The molecule has 2 saturated heterocycles. The van der Waals surface area contributed by atoms with E-state index in [1.165, 1.54) is 12.8 Å². The first-order valence-electron chi connectivity index (χ1n) is 12.9. The Morgan fingerprint density at radius 1 is 1.06 bits per heavy atom. The summed E-state index contributed by atoms with van der Waals surface area (Å²) in [5, 5.41) is 8.20. The number of aryl methyl sites for hydroxylation is 1. The number of rotatable bonds is 8. The van der Waals surface area contributed by atoms with Gasteiger partial charge < -0.3 is 29.4 Å². The number of nitrogens with one attached hydrogen (secondary N) is 2. The standard InChI is InChI=1S/C28H38N4O3/c1-19-4-5-26(35-19)25-15-23(30-17-20-8-12-32(2)13-9-20)22-14-27(33-3)28(16-24(22)31-25)34-18-21-6-10-29-11-7-21/h4-5,14-16,20-21,29H,6-13,17-18H2,1-3H3,(H,30,31). The van der Waals surface area contributed by atoms with Gasteiger partial charge in [-0.3, -0.25) is 0 Å². The Kier molecular flexibility index (Phi) is 7.44. The van der Waals surface area contributed by atoms with Gasteiger partial charge in [0.1, 0.15) is 11.5 Å². The van der Waals surface area contributed by atoms with Gasteiger partial charge in [-0.05, 0) is 102 Å². The summed E-state index contributed by atoms with van der Waals surface area (Å²) in [5.74, 6) is 4.38. The van der Waals surface area contributed by atoms with Crippen LogP contribution >= 0.6 is 0 Å². The van der Waals surface area contributed by atoms with Gasteiger partial charge in [0.05, 0.1) is 19.2 Å². The van der Waals surface area contributed by atoms with Crippen LogP contribution in [0.4, 0.5) is 5.69 Å². The molecule has 3 aromatic rings. The number of aromatic nitrogens is 1. The highest BCUT2D eigenvalue weighted by atomic mass is 16.5. The third-order valence-electron chi connectivity index (χ3n) is 7.44. The number of hydrogen-bond donors (Lipinski definition) is 2. The molecular weight excluding hydrogens is 440 g/mol. The summed E-state index contributed by atoms with van der Waals surface area (Å²) in [6, 6.07) is 10.2. The van der Waals surface area contributed by atoms with Gasteiger partial charge in [0, 0.05) is 23.7 Å². The van der Waals surface area contributed by atoms with Crippen LogP contribution in [0.15, 0.2) is 34.7 Å². The molecule has 0 bridgehead atoms. The number of fused-ring (bicyclic) bond motifs is 1. The third-order valence-corrected chi connectivity index (χ3v) is 7.44. The molecule has 2 aromatic heterocycles. The van der Waals surface area contributed by atoms with Crippen molar-refractivity contribution in [2.45, 2.75) is 32.6 Å². The monoisotopic (exact) mass is 478 g/mol. The summed E-state index contributed by atoms with van der Waals surface area (Å²) >= 11 is 0. The molecule has 2 N–H and O–H groups in total. The van der Waals surface area contributed by atoms with E-state index in [0.717, 1.165) is 90.9 Å². The highest BCUT2D eigenvalue weighted by Crippen LogP contribution is 2.38. The van der Waals surface area contributed by atoms with Crippen LogP contribution in [0, 0.1) is 18.8 Å². The van der Waals surface area contributed by atoms with Gasteiger partial charge in [0.25, 0.3) is 0 Å². The zero-order chi connectivity index (χ0) is 24.2. The predicted molar refractivity (Wildman–Crippen MR) is 141 cm³/mol. The number of pyridine rings is 1. The zero-order valence-electron chi connectivity index (χ0n) is 21.2. The maximum Gasteiger partial charge on any atom is 0.163 e. The lowest BCUT2D eigenvalue weighted by molar-refractivity contribution is 0.208. The molecule has 1 aromatic carbocycles. The van der Waals surface area contributed by atoms with Gasteiger partial charge in [-0.25, -0.2) is 4.98 Å². The Labute approximate surface area is 208 Å². The second kappa shape index (κ2) is 10.9. The first-order chi connectivity index (χ1) is 17.1. The molecule has 5 rings (SSSR count). The predicted octanol–water partition coefficient (Wildman–Crippen LogP) is 4.94. The fourth-order valence-corrected chi connectivity index (χ4v) is 5.13. The summed E-state index contributed by atoms with van der Waals surface area (Å²) in [7, 11) is 3.91. The second-order valence-corrected chi connectivity index (χ2v) is 10.1. The Hall–Kier alpha value is -2.77. The lowest BCUT2D eigenvalue weighted by Gasteiger charge is -2.29. The molecule has 0 saturated carbocycles. The molecule has 7 heteroatoms. The molecule has 2 fully saturated rings. The van der Waals surface area contributed by atoms with Crippen molar-refractivity contribution in [1.29, 1.82) is 0 Å². The molecule has 0 atom stereocenters. The van der Waals surface area contributed by atoms with E-state index in [1.54, 1.807) is 7.11 Å². The van der Waals surface area contributed by atoms with Crippen molar-refractivity contribution in [3.8, 4) is 23.0 Å². The topological polar surface area (TPSA) is 71.8 Å². The normalized spacial score (nSPS) is 18.1. The second-order valence-electron chi connectivity index (χ2n) is 10.1. The average molecular weight is 479 g/mol. The Morgan fingerprint density at radius 3 is 2.57 bits per heavy atom. The fraction of sp³-hybridized carbons (Fsp3) is 0.536. The van der Waals surface area contributed by atoms with Gasteiger partial charge in [0.15, 0.2) is 17.3 Å². The number of anilines is 1. The maximum absolute atomic E-state index is 6.29. The Balaban J connectivity index is 1.45. The van der Waals surface area contributed by atoms with Crippen LogP contribution in [0.3, 0.4) is 0 Å². The van der Waals surface area contributed by atoms with Crippen LogP contribution in [-0.2, 0) is 0 Å².